The van der Waals surface area contributed by atoms with Gasteiger partial charge in [0.25, 0.3) is 0 Å². The van der Waals surface area contributed by atoms with Gasteiger partial charge in [-0.1, -0.05) is 51.4 Å². The zero-order valence-electron chi connectivity index (χ0n) is 17.1. The molecule has 0 atom stereocenters. The summed E-state index contributed by atoms with van der Waals surface area (Å²) in [5.74, 6) is 0. The predicted molar refractivity (Wildman–Crippen MR) is 116 cm³/mol. The number of hydrogen-bond donors (Lipinski definition) is 2. The first-order chi connectivity index (χ1) is 13.8. The Morgan fingerprint density at radius 3 is 2.11 bits per heavy atom. The first-order valence-corrected chi connectivity index (χ1v) is 12.4. The van der Waals surface area contributed by atoms with Crippen molar-refractivity contribution >= 4 is 22.5 Å². The number of anilines is 1. The van der Waals surface area contributed by atoms with Gasteiger partial charge in [0.2, 0.25) is 0 Å². The lowest BCUT2D eigenvalue weighted by molar-refractivity contribution is 0.114. The van der Waals surface area contributed by atoms with E-state index in [1.165, 1.54) is 94.8 Å². The second-order valence-electron chi connectivity index (χ2n) is 8.92. The van der Waals surface area contributed by atoms with Crippen LogP contribution >= 0.6 is 11.3 Å². The average Bonchev–Trinajstić information content (AvgIpc) is 3.40. The first kappa shape index (κ1) is 20.1. The highest BCUT2D eigenvalue weighted by atomic mass is 32.1. The minimum absolute atomic E-state index is 0.0865. The number of carbonyl (C=O) groups excluding carboxylic acids is 1. The molecule has 1 heterocycles. The molecular formula is C22H36N4OS. The molecule has 2 N–H and O–H groups in total. The Balaban J connectivity index is 1.36. The molecule has 5 nitrogen and oxygen atoms in total. The van der Waals surface area contributed by atoms with E-state index in [1.54, 1.807) is 11.3 Å². The van der Waals surface area contributed by atoms with Gasteiger partial charge in [-0.25, -0.2) is 9.78 Å². The maximum atomic E-state index is 13.3. The van der Waals surface area contributed by atoms with Crippen LogP contribution in [0.2, 0.25) is 0 Å². The van der Waals surface area contributed by atoms with E-state index >= 15 is 0 Å². The van der Waals surface area contributed by atoms with Crippen LogP contribution in [0.5, 0.6) is 0 Å². The Morgan fingerprint density at radius 2 is 1.50 bits per heavy atom. The molecule has 28 heavy (non-hydrogen) atoms. The van der Waals surface area contributed by atoms with E-state index in [4.69, 9.17) is 0 Å². The minimum atomic E-state index is 0.0865. The minimum Gasteiger partial charge on any atom is -0.319 e. The van der Waals surface area contributed by atoms with Gasteiger partial charge >= 0.3 is 6.03 Å². The van der Waals surface area contributed by atoms with E-state index in [0.29, 0.717) is 18.1 Å². The molecule has 156 valence electrons. The van der Waals surface area contributed by atoms with Crippen molar-refractivity contribution in [2.45, 2.75) is 115 Å². The van der Waals surface area contributed by atoms with Crippen molar-refractivity contribution in [3.8, 4) is 0 Å². The molecule has 3 aliphatic rings. The van der Waals surface area contributed by atoms with Crippen LogP contribution in [0.15, 0.2) is 6.20 Å². The van der Waals surface area contributed by atoms with Gasteiger partial charge in [-0.05, 0) is 38.5 Å². The van der Waals surface area contributed by atoms with Crippen LogP contribution in [0.4, 0.5) is 9.93 Å². The Kier molecular flexibility index (Phi) is 7.24. The van der Waals surface area contributed by atoms with Crippen molar-refractivity contribution in [3.05, 3.63) is 11.1 Å². The van der Waals surface area contributed by atoms with Crippen molar-refractivity contribution in [2.75, 3.05) is 5.32 Å². The Morgan fingerprint density at radius 1 is 0.929 bits per heavy atom. The standard InChI is InChI=1S/C22H36N4OS/c27-22(25-21-24-16-20(28-21)15-23-17-9-7-8-10-17)26(18-11-3-1-4-12-18)19-13-5-2-6-14-19/h16-19,23H,1-15H2,(H,24,25,27). The van der Waals surface area contributed by atoms with Crippen molar-refractivity contribution in [1.29, 1.82) is 0 Å². The fraction of sp³-hybridized carbons (Fsp3) is 0.818. The number of urea groups is 1. The second kappa shape index (κ2) is 10.1. The maximum Gasteiger partial charge on any atom is 0.324 e. The van der Waals surface area contributed by atoms with Gasteiger partial charge in [-0.15, -0.1) is 11.3 Å². The first-order valence-electron chi connectivity index (χ1n) is 11.6. The van der Waals surface area contributed by atoms with Gasteiger partial charge in [0.1, 0.15) is 0 Å². The molecular weight excluding hydrogens is 368 g/mol. The summed E-state index contributed by atoms with van der Waals surface area (Å²) >= 11 is 1.62. The number of nitrogens with zero attached hydrogens (tertiary/aromatic N) is 2. The lowest BCUT2D eigenvalue weighted by atomic mass is 9.89. The molecule has 0 aromatic carbocycles. The van der Waals surface area contributed by atoms with Crippen molar-refractivity contribution in [2.24, 2.45) is 0 Å². The van der Waals surface area contributed by atoms with E-state index in [1.807, 2.05) is 6.20 Å². The summed E-state index contributed by atoms with van der Waals surface area (Å²) < 4.78 is 0. The van der Waals surface area contributed by atoms with Crippen LogP contribution in [-0.4, -0.2) is 34.0 Å². The third kappa shape index (κ3) is 5.26. The van der Waals surface area contributed by atoms with Gasteiger partial charge in [0, 0.05) is 35.7 Å². The van der Waals surface area contributed by atoms with E-state index in [-0.39, 0.29) is 6.03 Å². The van der Waals surface area contributed by atoms with Crippen LogP contribution in [0, 0.1) is 0 Å². The topological polar surface area (TPSA) is 57.3 Å². The average molecular weight is 405 g/mol. The fourth-order valence-electron chi connectivity index (χ4n) is 5.33. The predicted octanol–water partition coefficient (Wildman–Crippen LogP) is 5.67. The van der Waals surface area contributed by atoms with Crippen LogP contribution in [0.3, 0.4) is 0 Å². The van der Waals surface area contributed by atoms with Crippen molar-refractivity contribution < 1.29 is 4.79 Å². The number of thiazole rings is 1. The smallest absolute Gasteiger partial charge is 0.319 e. The Hall–Kier alpha value is -1.14. The SMILES string of the molecule is O=C(Nc1ncc(CNC2CCCC2)s1)N(C1CCCCC1)C1CCCCC1. The molecule has 3 fully saturated rings. The maximum absolute atomic E-state index is 13.3. The zero-order chi connectivity index (χ0) is 19.2. The quantitative estimate of drug-likeness (QED) is 0.642. The molecule has 0 saturated heterocycles. The van der Waals surface area contributed by atoms with E-state index in [2.05, 4.69) is 20.5 Å². The van der Waals surface area contributed by atoms with Crippen LogP contribution in [0.25, 0.3) is 0 Å². The normalized spacial score (nSPS) is 22.4. The molecule has 0 spiro atoms. The molecule has 1 aromatic heterocycles. The fourth-order valence-corrected chi connectivity index (χ4v) is 6.08. The summed E-state index contributed by atoms with van der Waals surface area (Å²) in [7, 11) is 0. The van der Waals surface area contributed by atoms with Gasteiger partial charge in [0.15, 0.2) is 5.13 Å². The van der Waals surface area contributed by atoms with E-state index < -0.39 is 0 Å². The third-order valence-electron chi connectivity index (χ3n) is 6.86. The zero-order valence-corrected chi connectivity index (χ0v) is 17.9. The van der Waals surface area contributed by atoms with Crippen molar-refractivity contribution in [3.63, 3.8) is 0 Å². The van der Waals surface area contributed by atoms with Gasteiger partial charge in [-0.3, -0.25) is 5.32 Å². The Bertz CT molecular complexity index is 598. The molecule has 0 bridgehead atoms. The summed E-state index contributed by atoms with van der Waals surface area (Å²) in [5, 5.41) is 7.54. The van der Waals surface area contributed by atoms with Crippen LogP contribution < -0.4 is 10.6 Å². The van der Waals surface area contributed by atoms with Gasteiger partial charge in [0.05, 0.1) is 0 Å². The summed E-state index contributed by atoms with van der Waals surface area (Å²) in [4.78, 5) is 21.2. The highest BCUT2D eigenvalue weighted by Gasteiger charge is 2.32. The lowest BCUT2D eigenvalue weighted by Gasteiger charge is -2.41. The molecule has 0 aliphatic heterocycles. The summed E-state index contributed by atoms with van der Waals surface area (Å²) in [6.07, 6.45) is 19.5. The molecule has 0 radical (unpaired) electrons. The number of amides is 2. The molecule has 1 aromatic rings. The number of rotatable bonds is 6. The highest BCUT2D eigenvalue weighted by molar-refractivity contribution is 7.15. The number of aromatic nitrogens is 1. The van der Waals surface area contributed by atoms with Gasteiger partial charge < -0.3 is 10.2 Å². The van der Waals surface area contributed by atoms with Crippen LogP contribution in [-0.2, 0) is 6.54 Å². The molecule has 2 amide bonds. The lowest BCUT2D eigenvalue weighted by Crippen LogP contribution is -2.50. The second-order valence-corrected chi connectivity index (χ2v) is 10.0. The van der Waals surface area contributed by atoms with E-state index in [9.17, 15) is 4.79 Å². The number of nitrogens with one attached hydrogen (secondary N) is 2. The number of carbonyl (C=O) groups is 1. The largest absolute Gasteiger partial charge is 0.324 e. The molecule has 4 rings (SSSR count). The molecule has 6 heteroatoms. The van der Waals surface area contributed by atoms with Crippen molar-refractivity contribution in [1.82, 2.24) is 15.2 Å². The van der Waals surface area contributed by atoms with Crippen LogP contribution in [0.1, 0.15) is 94.8 Å². The highest BCUT2D eigenvalue weighted by Crippen LogP contribution is 2.31. The monoisotopic (exact) mass is 404 g/mol. The molecule has 3 aliphatic carbocycles. The third-order valence-corrected chi connectivity index (χ3v) is 7.77. The molecule has 3 saturated carbocycles. The Labute approximate surface area is 173 Å². The number of hydrogen-bond acceptors (Lipinski definition) is 4. The summed E-state index contributed by atoms with van der Waals surface area (Å²) in [6.45, 7) is 0.868. The van der Waals surface area contributed by atoms with Gasteiger partial charge in [-0.2, -0.15) is 0 Å². The molecule has 0 unspecified atom stereocenters. The van der Waals surface area contributed by atoms with E-state index in [0.717, 1.165) is 11.7 Å². The summed E-state index contributed by atoms with van der Waals surface area (Å²) in [6, 6.07) is 1.58. The summed E-state index contributed by atoms with van der Waals surface area (Å²) in [5.41, 5.74) is 0.